The largest absolute Gasteiger partial charge is 0.390 e. The highest BCUT2D eigenvalue weighted by atomic mass is 16.5. The number of nitrogens with one attached hydrogen (secondary N) is 1. The maximum absolute atomic E-state index is 9.84. The zero-order chi connectivity index (χ0) is 12.1. The van der Waals surface area contributed by atoms with Crippen LogP contribution in [0.15, 0.2) is 10.6 Å². The number of rotatable bonds is 6. The molecule has 5 nitrogen and oxygen atoms in total. The van der Waals surface area contributed by atoms with E-state index in [1.54, 1.807) is 0 Å². The van der Waals surface area contributed by atoms with E-state index >= 15 is 0 Å². The molecule has 0 saturated carbocycles. The summed E-state index contributed by atoms with van der Waals surface area (Å²) in [5, 5.41) is 16.8. The predicted octanol–water partition coefficient (Wildman–Crippen LogP) is 0.529. The number of likely N-dealkylation sites (tertiary alicyclic amines) is 1. The van der Waals surface area contributed by atoms with Gasteiger partial charge in [-0.3, -0.25) is 0 Å². The molecule has 2 rings (SSSR count). The van der Waals surface area contributed by atoms with E-state index in [0.717, 1.165) is 31.1 Å². The Labute approximate surface area is 102 Å². The van der Waals surface area contributed by atoms with Crippen LogP contribution >= 0.6 is 0 Å². The van der Waals surface area contributed by atoms with Gasteiger partial charge in [-0.1, -0.05) is 5.16 Å². The fourth-order valence-corrected chi connectivity index (χ4v) is 2.19. The molecular weight excluding hydrogens is 218 g/mol. The summed E-state index contributed by atoms with van der Waals surface area (Å²) in [6.07, 6.45) is 2.21. The van der Waals surface area contributed by atoms with Crippen molar-refractivity contribution < 1.29 is 9.63 Å². The molecule has 0 spiro atoms. The van der Waals surface area contributed by atoms with E-state index in [0.29, 0.717) is 13.1 Å². The Balaban J connectivity index is 1.60. The quantitative estimate of drug-likeness (QED) is 0.758. The van der Waals surface area contributed by atoms with E-state index < -0.39 is 0 Å². The second-order valence-corrected chi connectivity index (χ2v) is 4.73. The third kappa shape index (κ3) is 4.11. The summed E-state index contributed by atoms with van der Waals surface area (Å²) in [4.78, 5) is 2.31. The van der Waals surface area contributed by atoms with Crippen LogP contribution in [0.25, 0.3) is 0 Å². The molecule has 17 heavy (non-hydrogen) atoms. The van der Waals surface area contributed by atoms with Crippen LogP contribution < -0.4 is 5.32 Å². The minimum absolute atomic E-state index is 0.308. The molecule has 0 amide bonds. The van der Waals surface area contributed by atoms with Crippen molar-refractivity contribution in [3.05, 3.63) is 17.5 Å². The minimum atomic E-state index is -0.308. The Morgan fingerprint density at radius 3 is 2.94 bits per heavy atom. The predicted molar refractivity (Wildman–Crippen MR) is 64.6 cm³/mol. The van der Waals surface area contributed by atoms with Crippen molar-refractivity contribution in [3.8, 4) is 0 Å². The molecule has 2 N–H and O–H groups in total. The summed E-state index contributed by atoms with van der Waals surface area (Å²) < 4.78 is 5.07. The SMILES string of the molecule is Cc1cc(CNCC(O)CN2CCCC2)on1. The molecule has 2 heterocycles. The number of hydrogen-bond donors (Lipinski definition) is 2. The molecule has 1 saturated heterocycles. The molecule has 0 aliphatic carbocycles. The maximum Gasteiger partial charge on any atom is 0.150 e. The lowest BCUT2D eigenvalue weighted by molar-refractivity contribution is 0.122. The van der Waals surface area contributed by atoms with Crippen molar-refractivity contribution in [1.29, 1.82) is 0 Å². The Morgan fingerprint density at radius 1 is 1.53 bits per heavy atom. The summed E-state index contributed by atoms with van der Waals surface area (Å²) in [6.45, 7) is 6.13. The zero-order valence-corrected chi connectivity index (χ0v) is 10.4. The number of nitrogens with zero attached hydrogens (tertiary/aromatic N) is 2. The summed E-state index contributed by atoms with van der Waals surface area (Å²) in [6, 6.07) is 1.90. The first-order valence-electron chi connectivity index (χ1n) is 6.27. The molecule has 0 aromatic carbocycles. The molecule has 96 valence electrons. The average Bonchev–Trinajstić information content (AvgIpc) is 2.90. The van der Waals surface area contributed by atoms with Crippen molar-refractivity contribution in [2.45, 2.75) is 32.4 Å². The van der Waals surface area contributed by atoms with E-state index in [4.69, 9.17) is 4.52 Å². The fraction of sp³-hybridized carbons (Fsp3) is 0.750. The van der Waals surface area contributed by atoms with Crippen LogP contribution in [0.1, 0.15) is 24.3 Å². The lowest BCUT2D eigenvalue weighted by atomic mass is 10.3. The van der Waals surface area contributed by atoms with Gasteiger partial charge in [0.1, 0.15) is 0 Å². The first kappa shape index (κ1) is 12.5. The molecule has 1 atom stereocenters. The summed E-state index contributed by atoms with van der Waals surface area (Å²) in [7, 11) is 0. The van der Waals surface area contributed by atoms with Gasteiger partial charge < -0.3 is 19.8 Å². The summed E-state index contributed by atoms with van der Waals surface area (Å²) in [5.41, 5.74) is 0.888. The Bertz CT molecular complexity index is 334. The minimum Gasteiger partial charge on any atom is -0.390 e. The number of β-amino-alcohol motifs (C(OH)–C–C–N with tert-alkyl or cyclic N) is 1. The first-order chi connectivity index (χ1) is 8.24. The molecule has 1 fully saturated rings. The normalized spacial score (nSPS) is 18.7. The van der Waals surface area contributed by atoms with Crippen LogP contribution in [0, 0.1) is 6.92 Å². The van der Waals surface area contributed by atoms with Gasteiger partial charge in [-0.2, -0.15) is 0 Å². The van der Waals surface area contributed by atoms with E-state index in [2.05, 4.69) is 15.4 Å². The van der Waals surface area contributed by atoms with Gasteiger partial charge in [0.15, 0.2) is 5.76 Å². The van der Waals surface area contributed by atoms with Gasteiger partial charge in [-0.05, 0) is 32.9 Å². The molecule has 1 aromatic rings. The van der Waals surface area contributed by atoms with E-state index in [1.165, 1.54) is 12.8 Å². The maximum atomic E-state index is 9.84. The van der Waals surface area contributed by atoms with Crippen LogP contribution in [0.2, 0.25) is 0 Å². The third-order valence-electron chi connectivity index (χ3n) is 3.02. The molecule has 1 aliphatic heterocycles. The lowest BCUT2D eigenvalue weighted by Crippen LogP contribution is -2.36. The van der Waals surface area contributed by atoms with Gasteiger partial charge >= 0.3 is 0 Å². The molecule has 1 aliphatic rings. The number of hydrogen-bond acceptors (Lipinski definition) is 5. The van der Waals surface area contributed by atoms with E-state index in [1.807, 2.05) is 13.0 Å². The molecule has 5 heteroatoms. The smallest absolute Gasteiger partial charge is 0.150 e. The summed E-state index contributed by atoms with van der Waals surface area (Å²) >= 11 is 0. The van der Waals surface area contributed by atoms with Gasteiger partial charge in [0.2, 0.25) is 0 Å². The van der Waals surface area contributed by atoms with Crippen LogP contribution in [-0.2, 0) is 6.54 Å². The number of aryl methyl sites for hydroxylation is 1. The summed E-state index contributed by atoms with van der Waals surface area (Å²) in [5.74, 6) is 0.816. The fourth-order valence-electron chi connectivity index (χ4n) is 2.19. The van der Waals surface area contributed by atoms with Gasteiger partial charge in [-0.15, -0.1) is 0 Å². The van der Waals surface area contributed by atoms with Crippen LogP contribution in [-0.4, -0.2) is 47.4 Å². The Hall–Kier alpha value is -0.910. The topological polar surface area (TPSA) is 61.5 Å². The van der Waals surface area contributed by atoms with Crippen molar-refractivity contribution in [1.82, 2.24) is 15.4 Å². The highest BCUT2D eigenvalue weighted by Gasteiger charge is 2.15. The van der Waals surface area contributed by atoms with Gasteiger partial charge in [0, 0.05) is 19.2 Å². The van der Waals surface area contributed by atoms with Crippen molar-refractivity contribution in [3.63, 3.8) is 0 Å². The van der Waals surface area contributed by atoms with Gasteiger partial charge in [0.25, 0.3) is 0 Å². The number of aliphatic hydroxyl groups is 1. The van der Waals surface area contributed by atoms with Crippen LogP contribution in [0.4, 0.5) is 0 Å². The Morgan fingerprint density at radius 2 is 2.29 bits per heavy atom. The average molecular weight is 239 g/mol. The van der Waals surface area contributed by atoms with Crippen molar-refractivity contribution >= 4 is 0 Å². The van der Waals surface area contributed by atoms with Crippen molar-refractivity contribution in [2.24, 2.45) is 0 Å². The van der Waals surface area contributed by atoms with E-state index in [9.17, 15) is 5.11 Å². The monoisotopic (exact) mass is 239 g/mol. The number of aliphatic hydroxyl groups excluding tert-OH is 1. The van der Waals surface area contributed by atoms with Crippen LogP contribution in [0.3, 0.4) is 0 Å². The lowest BCUT2D eigenvalue weighted by Gasteiger charge is -2.19. The Kier molecular flexibility index (Phi) is 4.53. The molecule has 0 radical (unpaired) electrons. The first-order valence-corrected chi connectivity index (χ1v) is 6.27. The van der Waals surface area contributed by atoms with Crippen LogP contribution in [0.5, 0.6) is 0 Å². The number of aromatic nitrogens is 1. The highest BCUT2D eigenvalue weighted by molar-refractivity contribution is 5.02. The van der Waals surface area contributed by atoms with Gasteiger partial charge in [0.05, 0.1) is 18.3 Å². The molecule has 0 bridgehead atoms. The second-order valence-electron chi connectivity index (χ2n) is 4.73. The standard InChI is InChI=1S/C12H21N3O2/c1-10-6-12(17-14-10)8-13-7-11(16)9-15-4-2-3-5-15/h6,11,13,16H,2-5,7-9H2,1H3. The zero-order valence-electron chi connectivity index (χ0n) is 10.4. The van der Waals surface area contributed by atoms with Gasteiger partial charge in [-0.25, -0.2) is 0 Å². The molecular formula is C12H21N3O2. The van der Waals surface area contributed by atoms with Crippen molar-refractivity contribution in [2.75, 3.05) is 26.2 Å². The second kappa shape index (κ2) is 6.14. The third-order valence-corrected chi connectivity index (χ3v) is 3.02. The molecule has 1 aromatic heterocycles. The van der Waals surface area contributed by atoms with E-state index in [-0.39, 0.29) is 6.10 Å². The highest BCUT2D eigenvalue weighted by Crippen LogP contribution is 2.07. The molecule has 1 unspecified atom stereocenters.